The van der Waals surface area contributed by atoms with Crippen LogP contribution in [0.1, 0.15) is 19.8 Å². The fourth-order valence-corrected chi connectivity index (χ4v) is 1.60. The van der Waals surface area contributed by atoms with Gasteiger partial charge in [0.25, 0.3) is 0 Å². The van der Waals surface area contributed by atoms with Crippen molar-refractivity contribution in [3.8, 4) is 6.07 Å². The molecule has 0 aromatic carbocycles. The molecule has 1 atom stereocenters. The minimum absolute atomic E-state index is 0.200. The average molecular weight is 199 g/mol. The Bertz CT molecular complexity index is 204. The highest BCUT2D eigenvalue weighted by Gasteiger charge is 2.38. The van der Waals surface area contributed by atoms with Crippen LogP contribution in [-0.2, 0) is 9.47 Å². The Morgan fingerprint density at radius 2 is 2.00 bits per heavy atom. The summed E-state index contributed by atoms with van der Waals surface area (Å²) in [7, 11) is 0. The zero-order chi connectivity index (χ0) is 10.4. The monoisotopic (exact) mass is 199 g/mol. The molecule has 14 heavy (non-hydrogen) atoms. The molecule has 0 aliphatic carbocycles. The Kier molecular flexibility index (Phi) is 4.33. The van der Waals surface area contributed by atoms with Crippen molar-refractivity contribution >= 4 is 0 Å². The molecule has 0 spiro atoms. The summed E-state index contributed by atoms with van der Waals surface area (Å²) < 4.78 is 10.4. The number of hydrogen-bond donors (Lipinski definition) is 1. The second kappa shape index (κ2) is 5.30. The SMILES string of the molecule is CCCC(C#N)C1(O)COCCOC1. The van der Waals surface area contributed by atoms with Crippen molar-refractivity contribution in [3.05, 3.63) is 0 Å². The van der Waals surface area contributed by atoms with Gasteiger partial charge in [0.15, 0.2) is 0 Å². The van der Waals surface area contributed by atoms with Crippen LogP contribution in [0.4, 0.5) is 0 Å². The molecule has 1 aliphatic rings. The van der Waals surface area contributed by atoms with Crippen molar-refractivity contribution in [2.45, 2.75) is 25.4 Å². The largest absolute Gasteiger partial charge is 0.384 e. The highest BCUT2D eigenvalue weighted by molar-refractivity contribution is 4.99. The van der Waals surface area contributed by atoms with E-state index in [0.717, 1.165) is 6.42 Å². The van der Waals surface area contributed by atoms with Gasteiger partial charge in [0.1, 0.15) is 5.60 Å². The summed E-state index contributed by atoms with van der Waals surface area (Å²) in [5.74, 6) is -0.398. The second-order valence-corrected chi connectivity index (χ2v) is 3.68. The van der Waals surface area contributed by atoms with Crippen LogP contribution >= 0.6 is 0 Å². The first-order chi connectivity index (χ1) is 6.73. The van der Waals surface area contributed by atoms with Crippen LogP contribution in [0.15, 0.2) is 0 Å². The lowest BCUT2D eigenvalue weighted by atomic mass is 9.86. The lowest BCUT2D eigenvalue weighted by Gasteiger charge is -2.29. The number of aliphatic hydroxyl groups is 1. The Morgan fingerprint density at radius 3 is 2.43 bits per heavy atom. The molecule has 1 heterocycles. The Morgan fingerprint density at radius 1 is 1.43 bits per heavy atom. The standard InChI is InChI=1S/C10H17NO3/c1-2-3-9(6-11)10(12)7-13-4-5-14-8-10/h9,12H,2-5,7-8H2,1H3. The normalized spacial score (nSPS) is 23.5. The van der Waals surface area contributed by atoms with Gasteiger partial charge in [-0.15, -0.1) is 0 Å². The highest BCUT2D eigenvalue weighted by Crippen LogP contribution is 2.24. The lowest BCUT2D eigenvalue weighted by Crippen LogP contribution is -2.45. The Labute approximate surface area is 84.4 Å². The maximum absolute atomic E-state index is 10.2. The van der Waals surface area contributed by atoms with E-state index in [2.05, 4.69) is 6.07 Å². The maximum Gasteiger partial charge on any atom is 0.127 e. The van der Waals surface area contributed by atoms with E-state index in [1.165, 1.54) is 0 Å². The zero-order valence-electron chi connectivity index (χ0n) is 8.53. The van der Waals surface area contributed by atoms with Crippen LogP contribution < -0.4 is 0 Å². The highest BCUT2D eigenvalue weighted by atomic mass is 16.6. The van der Waals surface area contributed by atoms with Gasteiger partial charge in [0.2, 0.25) is 0 Å². The molecule has 0 radical (unpaired) electrons. The molecule has 0 aromatic rings. The second-order valence-electron chi connectivity index (χ2n) is 3.68. The molecule has 1 rings (SSSR count). The third-order valence-electron chi connectivity index (χ3n) is 2.46. The molecule has 0 saturated carbocycles. The van der Waals surface area contributed by atoms with Crippen molar-refractivity contribution in [1.29, 1.82) is 5.26 Å². The van der Waals surface area contributed by atoms with Gasteiger partial charge in [-0.2, -0.15) is 5.26 Å². The summed E-state index contributed by atoms with van der Waals surface area (Å²) in [5.41, 5.74) is -1.12. The number of rotatable bonds is 3. The van der Waals surface area contributed by atoms with Crippen molar-refractivity contribution in [2.75, 3.05) is 26.4 Å². The number of nitrogens with zero attached hydrogens (tertiary/aromatic N) is 1. The maximum atomic E-state index is 10.2. The molecule has 4 nitrogen and oxygen atoms in total. The van der Waals surface area contributed by atoms with Crippen molar-refractivity contribution < 1.29 is 14.6 Å². The van der Waals surface area contributed by atoms with Gasteiger partial charge in [-0.1, -0.05) is 13.3 Å². The van der Waals surface area contributed by atoms with E-state index < -0.39 is 11.5 Å². The predicted molar refractivity (Wildman–Crippen MR) is 50.6 cm³/mol. The van der Waals surface area contributed by atoms with E-state index in [0.29, 0.717) is 19.6 Å². The quantitative estimate of drug-likeness (QED) is 0.727. The summed E-state index contributed by atoms with van der Waals surface area (Å²) in [6.07, 6.45) is 1.56. The zero-order valence-corrected chi connectivity index (χ0v) is 8.53. The minimum Gasteiger partial charge on any atom is -0.384 e. The molecular formula is C10H17NO3. The molecule has 0 bridgehead atoms. The predicted octanol–water partition coefficient (Wildman–Crippen LogP) is 0.704. The minimum atomic E-state index is -1.12. The van der Waals surface area contributed by atoms with E-state index in [1.807, 2.05) is 6.92 Å². The molecule has 1 N–H and O–H groups in total. The Balaban J connectivity index is 2.63. The fraction of sp³-hybridized carbons (Fsp3) is 0.900. The first-order valence-electron chi connectivity index (χ1n) is 5.00. The first-order valence-corrected chi connectivity index (χ1v) is 5.00. The van der Waals surface area contributed by atoms with Crippen LogP contribution in [0, 0.1) is 17.2 Å². The van der Waals surface area contributed by atoms with Crippen molar-refractivity contribution in [3.63, 3.8) is 0 Å². The van der Waals surface area contributed by atoms with Gasteiger partial charge in [-0.3, -0.25) is 0 Å². The van der Waals surface area contributed by atoms with E-state index >= 15 is 0 Å². The third-order valence-corrected chi connectivity index (χ3v) is 2.46. The van der Waals surface area contributed by atoms with Gasteiger partial charge in [-0.25, -0.2) is 0 Å². The summed E-state index contributed by atoms with van der Waals surface area (Å²) >= 11 is 0. The molecule has 1 aliphatic heterocycles. The topological polar surface area (TPSA) is 62.5 Å². The molecule has 1 saturated heterocycles. The van der Waals surface area contributed by atoms with Gasteiger partial charge in [0.05, 0.1) is 38.4 Å². The summed E-state index contributed by atoms with van der Waals surface area (Å²) in [5, 5.41) is 19.1. The van der Waals surface area contributed by atoms with Crippen LogP contribution in [0.2, 0.25) is 0 Å². The summed E-state index contributed by atoms with van der Waals surface area (Å²) in [6.45, 7) is 3.38. The fourth-order valence-electron chi connectivity index (χ4n) is 1.60. The summed E-state index contributed by atoms with van der Waals surface area (Å²) in [6, 6.07) is 2.13. The molecular weight excluding hydrogens is 182 g/mol. The molecule has 0 amide bonds. The molecule has 1 unspecified atom stereocenters. The van der Waals surface area contributed by atoms with Crippen molar-refractivity contribution in [2.24, 2.45) is 5.92 Å². The average Bonchev–Trinajstić information content (AvgIpc) is 2.40. The first kappa shape index (κ1) is 11.4. The van der Waals surface area contributed by atoms with E-state index in [4.69, 9.17) is 14.7 Å². The van der Waals surface area contributed by atoms with E-state index in [-0.39, 0.29) is 13.2 Å². The van der Waals surface area contributed by atoms with Gasteiger partial charge < -0.3 is 14.6 Å². The number of ether oxygens (including phenoxy) is 2. The van der Waals surface area contributed by atoms with Gasteiger partial charge in [-0.05, 0) is 6.42 Å². The van der Waals surface area contributed by atoms with Crippen LogP contribution in [0.5, 0.6) is 0 Å². The van der Waals surface area contributed by atoms with E-state index in [9.17, 15) is 5.11 Å². The van der Waals surface area contributed by atoms with Gasteiger partial charge >= 0.3 is 0 Å². The smallest absolute Gasteiger partial charge is 0.127 e. The third kappa shape index (κ3) is 2.68. The molecule has 1 fully saturated rings. The van der Waals surface area contributed by atoms with Crippen LogP contribution in [0.25, 0.3) is 0 Å². The van der Waals surface area contributed by atoms with Crippen LogP contribution in [-0.4, -0.2) is 37.1 Å². The van der Waals surface area contributed by atoms with Crippen molar-refractivity contribution in [1.82, 2.24) is 0 Å². The van der Waals surface area contributed by atoms with Gasteiger partial charge in [0, 0.05) is 0 Å². The molecule has 80 valence electrons. The van der Waals surface area contributed by atoms with Crippen LogP contribution in [0.3, 0.4) is 0 Å². The number of hydrogen-bond acceptors (Lipinski definition) is 4. The lowest BCUT2D eigenvalue weighted by molar-refractivity contribution is -0.0828. The van der Waals surface area contributed by atoms with E-state index in [1.54, 1.807) is 0 Å². The Hall–Kier alpha value is -0.630. The molecule has 0 aromatic heterocycles. The number of nitriles is 1. The summed E-state index contributed by atoms with van der Waals surface area (Å²) in [4.78, 5) is 0. The molecule has 4 heteroatoms.